The molecule has 0 spiro atoms. The highest BCUT2D eigenvalue weighted by Gasteiger charge is 2.31. The van der Waals surface area contributed by atoms with Crippen LogP contribution in [-0.4, -0.2) is 10.9 Å². The number of thiazole rings is 1. The molecule has 0 aliphatic heterocycles. The third kappa shape index (κ3) is 2.87. The third-order valence-corrected chi connectivity index (χ3v) is 3.66. The van der Waals surface area contributed by atoms with E-state index in [1.54, 1.807) is 6.20 Å². The van der Waals surface area contributed by atoms with Gasteiger partial charge in [0.15, 0.2) is 0 Å². The van der Waals surface area contributed by atoms with Crippen LogP contribution >= 0.6 is 11.3 Å². The number of aromatic nitrogens is 1. The largest absolute Gasteiger partial charge is 0.373 e. The molecule has 0 aliphatic carbocycles. The van der Waals surface area contributed by atoms with Gasteiger partial charge in [-0.2, -0.15) is 0 Å². The van der Waals surface area contributed by atoms with Crippen molar-refractivity contribution in [1.82, 2.24) is 4.98 Å². The lowest BCUT2D eigenvalue weighted by molar-refractivity contribution is -0.118. The molecule has 1 atom stereocenters. The average Bonchev–Trinajstić information content (AvgIpc) is 2.83. The maximum Gasteiger partial charge on any atom is 0.220 e. The molecule has 2 rings (SSSR count). The Balaban J connectivity index is 2.28. The number of hydrogen-bond donors (Lipinski definition) is 2. The van der Waals surface area contributed by atoms with Crippen LogP contribution in [-0.2, 0) is 10.3 Å². The number of carbonyl (C=O) groups is 1. The van der Waals surface area contributed by atoms with Gasteiger partial charge in [-0.1, -0.05) is 18.2 Å². The minimum atomic E-state index is -0.568. The van der Waals surface area contributed by atoms with Crippen LogP contribution in [0.4, 0.5) is 5.69 Å². The topological polar surface area (TPSA) is 68.0 Å². The fourth-order valence-electron chi connectivity index (χ4n) is 1.86. The summed E-state index contributed by atoms with van der Waals surface area (Å²) < 4.78 is 0. The van der Waals surface area contributed by atoms with E-state index in [0.717, 1.165) is 10.7 Å². The van der Waals surface area contributed by atoms with Gasteiger partial charge in [-0.05, 0) is 19.1 Å². The Labute approximate surface area is 110 Å². The first-order valence-electron chi connectivity index (χ1n) is 5.62. The van der Waals surface area contributed by atoms with Gasteiger partial charge in [0, 0.05) is 17.3 Å². The van der Waals surface area contributed by atoms with Crippen LogP contribution in [0.25, 0.3) is 0 Å². The Morgan fingerprint density at radius 1 is 1.44 bits per heavy atom. The van der Waals surface area contributed by atoms with Crippen LogP contribution < -0.4 is 11.1 Å². The molecule has 1 amide bonds. The standard InChI is InChI=1S/C13H15N3OS/c1-13(9-11(14)17,12-15-7-8-18-12)16-10-5-3-2-4-6-10/h2-8,16H,9H2,1H3,(H2,14,17). The summed E-state index contributed by atoms with van der Waals surface area (Å²) in [6.07, 6.45) is 1.93. The van der Waals surface area contributed by atoms with Gasteiger partial charge in [-0.15, -0.1) is 11.3 Å². The number of hydrogen-bond acceptors (Lipinski definition) is 4. The Kier molecular flexibility index (Phi) is 3.62. The summed E-state index contributed by atoms with van der Waals surface area (Å²) in [6.45, 7) is 1.93. The van der Waals surface area contributed by atoms with E-state index in [4.69, 9.17) is 5.73 Å². The van der Waals surface area contributed by atoms with Gasteiger partial charge >= 0.3 is 0 Å². The van der Waals surface area contributed by atoms with Crippen molar-refractivity contribution in [3.05, 3.63) is 46.9 Å². The first-order chi connectivity index (χ1) is 8.60. The second-order valence-electron chi connectivity index (χ2n) is 4.30. The monoisotopic (exact) mass is 261 g/mol. The molecule has 0 aliphatic rings. The highest BCUT2D eigenvalue weighted by atomic mass is 32.1. The van der Waals surface area contributed by atoms with Gasteiger partial charge in [0.1, 0.15) is 5.01 Å². The number of nitrogens with two attached hydrogens (primary N) is 1. The van der Waals surface area contributed by atoms with E-state index in [1.165, 1.54) is 11.3 Å². The normalized spacial score (nSPS) is 13.8. The molecule has 0 bridgehead atoms. The van der Waals surface area contributed by atoms with Crippen LogP contribution in [0.5, 0.6) is 0 Å². The van der Waals surface area contributed by atoms with E-state index in [1.807, 2.05) is 42.6 Å². The van der Waals surface area contributed by atoms with E-state index >= 15 is 0 Å². The number of carbonyl (C=O) groups excluding carboxylic acids is 1. The highest BCUT2D eigenvalue weighted by Crippen LogP contribution is 2.30. The van der Waals surface area contributed by atoms with Gasteiger partial charge in [0.05, 0.1) is 12.0 Å². The predicted octanol–water partition coefficient (Wildman–Crippen LogP) is 2.35. The minimum absolute atomic E-state index is 0.204. The van der Waals surface area contributed by atoms with Crippen molar-refractivity contribution >= 4 is 22.9 Å². The third-order valence-electron chi connectivity index (χ3n) is 2.63. The van der Waals surface area contributed by atoms with Crippen molar-refractivity contribution < 1.29 is 4.79 Å². The summed E-state index contributed by atoms with van der Waals surface area (Å²) in [5.74, 6) is -0.351. The molecule has 18 heavy (non-hydrogen) atoms. The highest BCUT2D eigenvalue weighted by molar-refractivity contribution is 7.09. The molecule has 0 fully saturated rings. The summed E-state index contributed by atoms with van der Waals surface area (Å²) in [5.41, 5.74) is 5.71. The fourth-order valence-corrected chi connectivity index (χ4v) is 2.61. The molecule has 4 nitrogen and oxygen atoms in total. The number of benzene rings is 1. The number of rotatable bonds is 5. The quantitative estimate of drug-likeness (QED) is 0.868. The molecule has 94 valence electrons. The molecule has 3 N–H and O–H groups in total. The number of nitrogens with zero attached hydrogens (tertiary/aromatic N) is 1. The molecule has 1 aromatic heterocycles. The van der Waals surface area contributed by atoms with Crippen molar-refractivity contribution in [3.63, 3.8) is 0 Å². The van der Waals surface area contributed by atoms with Gasteiger partial charge in [-0.25, -0.2) is 4.98 Å². The smallest absolute Gasteiger partial charge is 0.220 e. The number of para-hydroxylation sites is 1. The summed E-state index contributed by atoms with van der Waals surface area (Å²) in [6, 6.07) is 9.73. The van der Waals surface area contributed by atoms with Gasteiger partial charge in [0.2, 0.25) is 5.91 Å². The molecule has 1 unspecified atom stereocenters. The van der Waals surface area contributed by atoms with Crippen molar-refractivity contribution in [2.75, 3.05) is 5.32 Å². The fraction of sp³-hybridized carbons (Fsp3) is 0.231. The molecule has 1 aromatic carbocycles. The second kappa shape index (κ2) is 5.18. The number of anilines is 1. The van der Waals surface area contributed by atoms with E-state index < -0.39 is 5.54 Å². The second-order valence-corrected chi connectivity index (χ2v) is 5.20. The summed E-state index contributed by atoms with van der Waals surface area (Å²) in [7, 11) is 0. The maximum atomic E-state index is 11.3. The van der Waals surface area contributed by atoms with Crippen LogP contribution in [0.2, 0.25) is 0 Å². The Morgan fingerprint density at radius 3 is 2.72 bits per heavy atom. The van der Waals surface area contributed by atoms with Gasteiger partial charge in [0.25, 0.3) is 0 Å². The molecule has 0 radical (unpaired) electrons. The zero-order valence-electron chi connectivity index (χ0n) is 10.1. The van der Waals surface area contributed by atoms with Crippen LogP contribution in [0.1, 0.15) is 18.4 Å². The van der Waals surface area contributed by atoms with E-state index in [0.29, 0.717) is 0 Å². The summed E-state index contributed by atoms with van der Waals surface area (Å²) in [4.78, 5) is 15.5. The van der Waals surface area contributed by atoms with Crippen LogP contribution in [0, 0.1) is 0 Å². The van der Waals surface area contributed by atoms with E-state index in [9.17, 15) is 4.79 Å². The molecule has 2 aromatic rings. The molecule has 5 heteroatoms. The molecule has 0 saturated heterocycles. The van der Waals surface area contributed by atoms with Crippen molar-refractivity contribution in [3.8, 4) is 0 Å². The number of nitrogens with one attached hydrogen (secondary N) is 1. The SMILES string of the molecule is CC(CC(N)=O)(Nc1ccccc1)c1nccs1. The average molecular weight is 261 g/mol. The maximum absolute atomic E-state index is 11.3. The summed E-state index contributed by atoms with van der Waals surface area (Å²) >= 11 is 1.51. The van der Waals surface area contributed by atoms with Crippen molar-refractivity contribution in [2.45, 2.75) is 18.9 Å². The lowest BCUT2D eigenvalue weighted by Crippen LogP contribution is -2.36. The summed E-state index contributed by atoms with van der Waals surface area (Å²) in [5, 5.41) is 6.08. The van der Waals surface area contributed by atoms with Crippen molar-refractivity contribution in [2.24, 2.45) is 5.73 Å². The zero-order chi connectivity index (χ0) is 13.0. The lowest BCUT2D eigenvalue weighted by atomic mass is 9.97. The molecule has 1 heterocycles. The van der Waals surface area contributed by atoms with Crippen LogP contribution in [0.15, 0.2) is 41.9 Å². The predicted molar refractivity (Wildman–Crippen MR) is 73.3 cm³/mol. The van der Waals surface area contributed by atoms with E-state index in [2.05, 4.69) is 10.3 Å². The molecular formula is C13H15N3OS. The first-order valence-corrected chi connectivity index (χ1v) is 6.50. The zero-order valence-corrected chi connectivity index (χ0v) is 10.9. The Hall–Kier alpha value is -1.88. The van der Waals surface area contributed by atoms with Gasteiger partial charge in [-0.3, -0.25) is 4.79 Å². The van der Waals surface area contributed by atoms with Crippen LogP contribution in [0.3, 0.4) is 0 Å². The van der Waals surface area contributed by atoms with E-state index in [-0.39, 0.29) is 12.3 Å². The van der Waals surface area contributed by atoms with Crippen molar-refractivity contribution in [1.29, 1.82) is 0 Å². The lowest BCUT2D eigenvalue weighted by Gasteiger charge is -2.28. The Bertz CT molecular complexity index is 512. The first kappa shape index (κ1) is 12.6. The minimum Gasteiger partial charge on any atom is -0.373 e. The van der Waals surface area contributed by atoms with Gasteiger partial charge < -0.3 is 11.1 Å². The molecule has 0 saturated carbocycles. The number of primary amides is 1. The number of amides is 1. The molecular weight excluding hydrogens is 246 g/mol. The Morgan fingerprint density at radius 2 is 2.17 bits per heavy atom.